The van der Waals surface area contributed by atoms with Crippen LogP contribution in [0.2, 0.25) is 5.02 Å². The van der Waals surface area contributed by atoms with Crippen molar-refractivity contribution in [1.82, 2.24) is 5.32 Å². The zero-order chi connectivity index (χ0) is 14.9. The highest BCUT2D eigenvalue weighted by atomic mass is 35.5. The Bertz CT molecular complexity index is 422. The average molecular weight is 314 g/mol. The molecule has 1 atom stereocenters. The zero-order valence-electron chi connectivity index (χ0n) is 12.6. The third-order valence-electron chi connectivity index (χ3n) is 3.56. The first-order chi connectivity index (χ1) is 10.3. The van der Waals surface area contributed by atoms with E-state index in [4.69, 9.17) is 25.8 Å². The standard InChI is InChI=1S/C16H24ClNO3/c1-19-11-8-18-12-13-4-2-6-15(17)16(13)21-10-7-14-5-3-9-20-14/h2,4,6,14,18H,3,5,7-12H2,1H3. The van der Waals surface area contributed by atoms with Gasteiger partial charge < -0.3 is 19.5 Å². The van der Waals surface area contributed by atoms with Crippen LogP contribution in [0.15, 0.2) is 18.2 Å². The second kappa shape index (κ2) is 9.26. The van der Waals surface area contributed by atoms with E-state index in [1.165, 1.54) is 0 Å². The van der Waals surface area contributed by atoms with Gasteiger partial charge in [0.1, 0.15) is 5.75 Å². The Morgan fingerprint density at radius 2 is 2.29 bits per heavy atom. The molecule has 1 aromatic carbocycles. The lowest BCUT2D eigenvalue weighted by molar-refractivity contribution is 0.0902. The second-order valence-electron chi connectivity index (χ2n) is 5.17. The van der Waals surface area contributed by atoms with E-state index >= 15 is 0 Å². The fraction of sp³-hybridized carbons (Fsp3) is 0.625. The summed E-state index contributed by atoms with van der Waals surface area (Å²) in [6, 6.07) is 5.84. The fourth-order valence-corrected chi connectivity index (χ4v) is 2.66. The first-order valence-electron chi connectivity index (χ1n) is 7.52. The molecule has 0 saturated carbocycles. The molecule has 5 heteroatoms. The molecule has 0 spiro atoms. The van der Waals surface area contributed by atoms with Gasteiger partial charge in [-0.3, -0.25) is 0 Å². The van der Waals surface area contributed by atoms with Crippen LogP contribution in [0.4, 0.5) is 0 Å². The highest BCUT2D eigenvalue weighted by molar-refractivity contribution is 6.32. The molecular weight excluding hydrogens is 290 g/mol. The van der Waals surface area contributed by atoms with Crippen LogP contribution in [0.3, 0.4) is 0 Å². The van der Waals surface area contributed by atoms with Crippen molar-refractivity contribution in [2.75, 3.05) is 33.5 Å². The normalized spacial score (nSPS) is 18.1. The average Bonchev–Trinajstić information content (AvgIpc) is 2.99. The van der Waals surface area contributed by atoms with E-state index in [1.54, 1.807) is 7.11 Å². The third kappa shape index (κ3) is 5.47. The molecule has 118 valence electrons. The third-order valence-corrected chi connectivity index (χ3v) is 3.85. The molecule has 1 heterocycles. The smallest absolute Gasteiger partial charge is 0.142 e. The molecule has 0 aromatic heterocycles. The topological polar surface area (TPSA) is 39.7 Å². The molecule has 0 bridgehead atoms. The zero-order valence-corrected chi connectivity index (χ0v) is 13.3. The SMILES string of the molecule is COCCNCc1cccc(Cl)c1OCCC1CCCO1. The first kappa shape index (κ1) is 16.6. The number of rotatable bonds is 9. The number of halogens is 1. The van der Waals surface area contributed by atoms with E-state index in [0.717, 1.165) is 50.3 Å². The Balaban J connectivity index is 1.83. The summed E-state index contributed by atoms with van der Waals surface area (Å²) in [5.41, 5.74) is 1.07. The van der Waals surface area contributed by atoms with Crippen LogP contribution < -0.4 is 10.1 Å². The van der Waals surface area contributed by atoms with Gasteiger partial charge in [-0.05, 0) is 18.9 Å². The van der Waals surface area contributed by atoms with Gasteiger partial charge in [0.15, 0.2) is 0 Å². The van der Waals surface area contributed by atoms with Crippen LogP contribution in [0.1, 0.15) is 24.8 Å². The van der Waals surface area contributed by atoms with Crippen LogP contribution in [-0.2, 0) is 16.0 Å². The Morgan fingerprint density at radius 3 is 3.05 bits per heavy atom. The van der Waals surface area contributed by atoms with Crippen LogP contribution in [0.25, 0.3) is 0 Å². The first-order valence-corrected chi connectivity index (χ1v) is 7.90. The van der Waals surface area contributed by atoms with Gasteiger partial charge in [-0.1, -0.05) is 23.7 Å². The van der Waals surface area contributed by atoms with E-state index in [-0.39, 0.29) is 0 Å². The van der Waals surface area contributed by atoms with Crippen molar-refractivity contribution in [2.24, 2.45) is 0 Å². The fourth-order valence-electron chi connectivity index (χ4n) is 2.42. The van der Waals surface area contributed by atoms with Gasteiger partial charge >= 0.3 is 0 Å². The molecule has 1 aromatic rings. The number of para-hydroxylation sites is 1. The lowest BCUT2D eigenvalue weighted by Gasteiger charge is -2.15. The highest BCUT2D eigenvalue weighted by Gasteiger charge is 2.16. The van der Waals surface area contributed by atoms with E-state index in [9.17, 15) is 0 Å². The van der Waals surface area contributed by atoms with Crippen molar-refractivity contribution in [3.05, 3.63) is 28.8 Å². The molecule has 1 aliphatic rings. The van der Waals surface area contributed by atoms with Gasteiger partial charge in [0.25, 0.3) is 0 Å². The number of ether oxygens (including phenoxy) is 3. The summed E-state index contributed by atoms with van der Waals surface area (Å²) in [5.74, 6) is 0.780. The van der Waals surface area contributed by atoms with Crippen LogP contribution in [-0.4, -0.2) is 39.6 Å². The molecule has 1 unspecified atom stereocenters. The lowest BCUT2D eigenvalue weighted by atomic mass is 10.2. The van der Waals surface area contributed by atoms with Gasteiger partial charge in [-0.25, -0.2) is 0 Å². The number of hydrogen-bond donors (Lipinski definition) is 1. The number of nitrogens with one attached hydrogen (secondary N) is 1. The second-order valence-corrected chi connectivity index (χ2v) is 5.58. The highest BCUT2D eigenvalue weighted by Crippen LogP contribution is 2.29. The molecule has 4 nitrogen and oxygen atoms in total. The number of benzene rings is 1. The number of methoxy groups -OCH3 is 1. The van der Waals surface area contributed by atoms with E-state index in [0.29, 0.717) is 24.3 Å². The molecule has 2 rings (SSSR count). The largest absolute Gasteiger partial charge is 0.492 e. The van der Waals surface area contributed by atoms with Crippen LogP contribution in [0, 0.1) is 0 Å². The Morgan fingerprint density at radius 1 is 1.38 bits per heavy atom. The van der Waals surface area contributed by atoms with Gasteiger partial charge in [0, 0.05) is 38.8 Å². The number of hydrogen-bond acceptors (Lipinski definition) is 4. The quantitative estimate of drug-likeness (QED) is 0.711. The minimum Gasteiger partial charge on any atom is -0.492 e. The van der Waals surface area contributed by atoms with Crippen molar-refractivity contribution in [2.45, 2.75) is 31.9 Å². The Kier molecular flexibility index (Phi) is 7.30. The molecule has 0 aliphatic carbocycles. The summed E-state index contributed by atoms with van der Waals surface area (Å²) in [5, 5.41) is 3.97. The predicted molar refractivity (Wildman–Crippen MR) is 84.1 cm³/mol. The summed E-state index contributed by atoms with van der Waals surface area (Å²) < 4.78 is 16.5. The van der Waals surface area contributed by atoms with E-state index < -0.39 is 0 Å². The monoisotopic (exact) mass is 313 g/mol. The maximum absolute atomic E-state index is 6.26. The van der Waals surface area contributed by atoms with Crippen LogP contribution in [0.5, 0.6) is 5.75 Å². The minimum atomic E-state index is 0.343. The molecule has 1 aliphatic heterocycles. The summed E-state index contributed by atoms with van der Waals surface area (Å²) >= 11 is 6.26. The van der Waals surface area contributed by atoms with E-state index in [2.05, 4.69) is 5.32 Å². The van der Waals surface area contributed by atoms with Gasteiger partial charge in [0.2, 0.25) is 0 Å². The molecule has 0 amide bonds. The maximum atomic E-state index is 6.26. The minimum absolute atomic E-state index is 0.343. The summed E-state index contributed by atoms with van der Waals surface area (Å²) in [6.07, 6.45) is 3.56. The van der Waals surface area contributed by atoms with Crippen molar-refractivity contribution in [3.8, 4) is 5.75 Å². The maximum Gasteiger partial charge on any atom is 0.142 e. The molecule has 1 N–H and O–H groups in total. The van der Waals surface area contributed by atoms with Gasteiger partial charge in [0.05, 0.1) is 24.3 Å². The van der Waals surface area contributed by atoms with Crippen molar-refractivity contribution in [1.29, 1.82) is 0 Å². The predicted octanol–water partition coefficient (Wildman–Crippen LogP) is 3.02. The summed E-state index contributed by atoms with van der Waals surface area (Å²) in [7, 11) is 1.70. The molecule has 1 saturated heterocycles. The molecule has 21 heavy (non-hydrogen) atoms. The Labute approximate surface area is 131 Å². The molecular formula is C16H24ClNO3. The van der Waals surface area contributed by atoms with Crippen molar-refractivity contribution in [3.63, 3.8) is 0 Å². The van der Waals surface area contributed by atoms with Crippen LogP contribution >= 0.6 is 11.6 Å². The van der Waals surface area contributed by atoms with Crippen molar-refractivity contribution < 1.29 is 14.2 Å². The molecule has 0 radical (unpaired) electrons. The summed E-state index contributed by atoms with van der Waals surface area (Å²) in [4.78, 5) is 0. The van der Waals surface area contributed by atoms with Gasteiger partial charge in [-0.15, -0.1) is 0 Å². The summed E-state index contributed by atoms with van der Waals surface area (Å²) in [6.45, 7) is 3.73. The lowest BCUT2D eigenvalue weighted by Crippen LogP contribution is -2.19. The molecule has 1 fully saturated rings. The van der Waals surface area contributed by atoms with E-state index in [1.807, 2.05) is 18.2 Å². The van der Waals surface area contributed by atoms with Gasteiger partial charge in [-0.2, -0.15) is 0 Å². The Hall–Kier alpha value is -0.810. The van der Waals surface area contributed by atoms with Crippen molar-refractivity contribution >= 4 is 11.6 Å².